The van der Waals surface area contributed by atoms with Crippen molar-refractivity contribution in [2.24, 2.45) is 11.3 Å². The van der Waals surface area contributed by atoms with Crippen LogP contribution in [0, 0.1) is 11.3 Å². The standard InChI is InChI=1S/C23H29NO4.ClH/c1-13(25)15-12-21-7-8-23(15,27-4)20-22(21)9-10-24(2)17(21)11-14-5-6-16(26-3)19(28-20)18(14)22;/h5-6,15,17,20H,7-12H2,1-4H3;1H/t15?,17-,20?,21?,22+,23-;/m1./s1. The van der Waals surface area contributed by atoms with Crippen LogP contribution in [0.4, 0.5) is 0 Å². The molecular formula is C23H30ClNO4. The Morgan fingerprint density at radius 2 is 2.03 bits per heavy atom. The number of halogens is 1. The Hall–Kier alpha value is -1.30. The van der Waals surface area contributed by atoms with Crippen molar-refractivity contribution >= 4 is 18.2 Å². The number of piperidine rings is 1. The minimum atomic E-state index is -0.535. The van der Waals surface area contributed by atoms with Gasteiger partial charge < -0.3 is 19.1 Å². The van der Waals surface area contributed by atoms with Crippen molar-refractivity contribution in [2.75, 3.05) is 27.8 Å². The average molecular weight is 420 g/mol. The second-order valence-electron chi connectivity index (χ2n) is 9.73. The Labute approximate surface area is 178 Å². The summed E-state index contributed by atoms with van der Waals surface area (Å²) >= 11 is 0. The summed E-state index contributed by atoms with van der Waals surface area (Å²) in [6, 6.07) is 4.75. The normalized spacial score (nSPS) is 43.2. The Morgan fingerprint density at radius 1 is 1.24 bits per heavy atom. The zero-order valence-corrected chi connectivity index (χ0v) is 18.4. The molecule has 0 N–H and O–H groups in total. The summed E-state index contributed by atoms with van der Waals surface area (Å²) in [5.74, 6) is 1.89. The summed E-state index contributed by atoms with van der Waals surface area (Å²) in [7, 11) is 5.77. The molecule has 2 aliphatic heterocycles. The van der Waals surface area contributed by atoms with E-state index < -0.39 is 5.60 Å². The van der Waals surface area contributed by atoms with Gasteiger partial charge in [-0.15, -0.1) is 12.4 Å². The fraction of sp³-hybridized carbons (Fsp3) is 0.696. The number of rotatable bonds is 3. The Balaban J connectivity index is 0.00000181. The van der Waals surface area contributed by atoms with Crippen LogP contribution in [0.15, 0.2) is 12.1 Å². The highest BCUT2D eigenvalue weighted by molar-refractivity contribution is 5.85. The van der Waals surface area contributed by atoms with Gasteiger partial charge in [-0.1, -0.05) is 6.07 Å². The number of benzene rings is 1. The van der Waals surface area contributed by atoms with E-state index in [1.54, 1.807) is 21.1 Å². The van der Waals surface area contributed by atoms with Crippen molar-refractivity contribution in [3.63, 3.8) is 0 Å². The SMILES string of the molecule is COc1ccc2c3c1OC1[C@@]4(OC)CCC5(CC4C(C)=O)[C@@H](C2)N(C)CC[C@]315.Cl. The summed E-state index contributed by atoms with van der Waals surface area (Å²) in [5, 5.41) is 0. The van der Waals surface area contributed by atoms with Crippen molar-refractivity contribution in [3.05, 3.63) is 23.3 Å². The maximum absolute atomic E-state index is 12.8. The number of likely N-dealkylation sites (N-methyl/N-ethyl adjacent to an activating group) is 1. The van der Waals surface area contributed by atoms with Gasteiger partial charge in [0, 0.05) is 29.5 Å². The maximum atomic E-state index is 12.8. The molecule has 5 nitrogen and oxygen atoms in total. The number of carbonyl (C=O) groups excluding carboxylic acids is 1. The number of carbonyl (C=O) groups is 1. The zero-order chi connectivity index (χ0) is 19.5. The van der Waals surface area contributed by atoms with Crippen LogP contribution in [0.5, 0.6) is 11.5 Å². The summed E-state index contributed by atoms with van der Waals surface area (Å²) in [6.07, 6.45) is 4.91. The molecule has 3 unspecified atom stereocenters. The van der Waals surface area contributed by atoms with Gasteiger partial charge in [0.2, 0.25) is 0 Å². The Kier molecular flexibility index (Phi) is 3.99. The van der Waals surface area contributed by atoms with Crippen molar-refractivity contribution in [1.82, 2.24) is 4.90 Å². The first kappa shape index (κ1) is 19.7. The van der Waals surface area contributed by atoms with Crippen LogP contribution in [0.3, 0.4) is 0 Å². The molecule has 2 spiro atoms. The third kappa shape index (κ3) is 1.86. The lowest BCUT2D eigenvalue weighted by Gasteiger charge is -2.73. The van der Waals surface area contributed by atoms with Crippen molar-refractivity contribution in [3.8, 4) is 11.5 Å². The molecule has 0 aromatic heterocycles. The first-order valence-electron chi connectivity index (χ1n) is 10.6. The van der Waals surface area contributed by atoms with Crippen molar-refractivity contribution in [1.29, 1.82) is 0 Å². The average Bonchev–Trinajstić information content (AvgIpc) is 3.07. The highest BCUT2D eigenvalue weighted by Crippen LogP contribution is 2.76. The molecule has 6 heteroatoms. The van der Waals surface area contributed by atoms with Gasteiger partial charge in [-0.05, 0) is 64.3 Å². The van der Waals surface area contributed by atoms with Crippen LogP contribution in [0.25, 0.3) is 0 Å². The second-order valence-corrected chi connectivity index (χ2v) is 9.73. The summed E-state index contributed by atoms with van der Waals surface area (Å²) < 4.78 is 18.8. The molecule has 1 saturated heterocycles. The van der Waals surface area contributed by atoms with E-state index in [-0.39, 0.29) is 41.0 Å². The molecule has 1 aromatic carbocycles. The predicted octanol–water partition coefficient (Wildman–Crippen LogP) is 3.15. The van der Waals surface area contributed by atoms with Crippen LogP contribution in [0.2, 0.25) is 0 Å². The number of ether oxygens (including phenoxy) is 3. The highest BCUT2D eigenvalue weighted by atomic mass is 35.5. The summed E-state index contributed by atoms with van der Waals surface area (Å²) in [4.78, 5) is 15.4. The molecule has 158 valence electrons. The van der Waals surface area contributed by atoms with E-state index >= 15 is 0 Å². The van der Waals surface area contributed by atoms with Gasteiger partial charge >= 0.3 is 0 Å². The van der Waals surface area contributed by atoms with Gasteiger partial charge in [0.15, 0.2) is 11.5 Å². The zero-order valence-electron chi connectivity index (χ0n) is 17.6. The van der Waals surface area contributed by atoms with Gasteiger partial charge in [0.1, 0.15) is 17.5 Å². The first-order valence-corrected chi connectivity index (χ1v) is 10.6. The maximum Gasteiger partial charge on any atom is 0.165 e. The molecule has 2 heterocycles. The molecule has 4 aliphatic carbocycles. The van der Waals surface area contributed by atoms with E-state index in [1.807, 2.05) is 0 Å². The van der Waals surface area contributed by atoms with Crippen LogP contribution in [-0.2, 0) is 21.4 Å². The Morgan fingerprint density at radius 3 is 2.72 bits per heavy atom. The number of hydrogen-bond donors (Lipinski definition) is 0. The fourth-order valence-corrected chi connectivity index (χ4v) is 8.30. The Bertz CT molecular complexity index is 905. The lowest BCUT2D eigenvalue weighted by molar-refractivity contribution is -0.270. The van der Waals surface area contributed by atoms with Gasteiger partial charge in [-0.2, -0.15) is 0 Å². The first-order chi connectivity index (χ1) is 13.4. The second kappa shape index (κ2) is 5.89. The van der Waals surface area contributed by atoms with E-state index in [0.717, 1.165) is 50.1 Å². The van der Waals surface area contributed by atoms with Crippen LogP contribution >= 0.6 is 12.4 Å². The number of nitrogens with zero attached hydrogens (tertiary/aromatic N) is 1. The highest BCUT2D eigenvalue weighted by Gasteiger charge is 2.80. The molecule has 6 atom stereocenters. The third-order valence-electron chi connectivity index (χ3n) is 9.32. The molecule has 4 fully saturated rings. The molecule has 0 radical (unpaired) electrons. The van der Waals surface area contributed by atoms with Gasteiger partial charge in [0.05, 0.1) is 13.0 Å². The summed E-state index contributed by atoms with van der Waals surface area (Å²) in [5.41, 5.74) is 2.25. The topological polar surface area (TPSA) is 48.0 Å². The molecule has 7 rings (SSSR count). The number of hydrogen-bond acceptors (Lipinski definition) is 5. The van der Waals surface area contributed by atoms with Crippen molar-refractivity contribution < 1.29 is 19.0 Å². The lowest BCUT2D eigenvalue weighted by atomic mass is 9.34. The number of Topliss-reactive ketones (excluding diaryl/α,β-unsaturated/α-hetero) is 1. The molecule has 0 amide bonds. The van der Waals surface area contributed by atoms with Gasteiger partial charge in [-0.25, -0.2) is 0 Å². The number of fused-ring (bicyclic) bond motifs is 2. The van der Waals surface area contributed by atoms with E-state index in [4.69, 9.17) is 14.2 Å². The molecule has 29 heavy (non-hydrogen) atoms. The monoisotopic (exact) mass is 419 g/mol. The van der Waals surface area contributed by atoms with E-state index in [1.165, 1.54) is 11.1 Å². The van der Waals surface area contributed by atoms with Gasteiger partial charge in [0.25, 0.3) is 0 Å². The van der Waals surface area contributed by atoms with E-state index in [2.05, 4.69) is 24.1 Å². The number of methoxy groups -OCH3 is 2. The minimum absolute atomic E-state index is 0. The molecule has 3 saturated carbocycles. The van der Waals surface area contributed by atoms with E-state index in [0.29, 0.717) is 6.04 Å². The number of ketones is 1. The van der Waals surface area contributed by atoms with Crippen LogP contribution < -0.4 is 9.47 Å². The van der Waals surface area contributed by atoms with E-state index in [9.17, 15) is 4.79 Å². The largest absolute Gasteiger partial charge is 0.493 e. The van der Waals surface area contributed by atoms with Gasteiger partial charge in [-0.3, -0.25) is 4.79 Å². The molecule has 1 aromatic rings. The molecular weight excluding hydrogens is 390 g/mol. The summed E-state index contributed by atoms with van der Waals surface area (Å²) in [6.45, 7) is 2.80. The quantitative estimate of drug-likeness (QED) is 0.753. The van der Waals surface area contributed by atoms with Crippen molar-refractivity contribution in [2.45, 2.75) is 62.2 Å². The van der Waals surface area contributed by atoms with Crippen LogP contribution in [-0.4, -0.2) is 56.2 Å². The molecule has 6 aliphatic rings. The minimum Gasteiger partial charge on any atom is -0.493 e. The third-order valence-corrected chi connectivity index (χ3v) is 9.32. The number of likely N-dealkylation sites (tertiary alicyclic amines) is 1. The molecule has 4 bridgehead atoms. The van der Waals surface area contributed by atoms with Crippen LogP contribution in [0.1, 0.15) is 43.7 Å². The predicted molar refractivity (Wildman–Crippen MR) is 111 cm³/mol. The smallest absolute Gasteiger partial charge is 0.165 e. The lowest BCUT2D eigenvalue weighted by Crippen LogP contribution is -2.81. The fourth-order valence-electron chi connectivity index (χ4n) is 8.30.